The molecule has 0 radical (unpaired) electrons. The molecule has 0 atom stereocenters. The summed E-state index contributed by atoms with van der Waals surface area (Å²) >= 11 is 6.07. The second kappa shape index (κ2) is 12.7. The molecule has 0 aliphatic rings. The van der Waals surface area contributed by atoms with Gasteiger partial charge < -0.3 is 0 Å². The van der Waals surface area contributed by atoms with Gasteiger partial charge in [0.2, 0.25) is 0 Å². The first kappa shape index (κ1) is 29.8. The summed E-state index contributed by atoms with van der Waals surface area (Å²) in [6, 6.07) is 27.4. The summed E-state index contributed by atoms with van der Waals surface area (Å²) in [5.74, 6) is 0.230. The molecule has 0 saturated heterocycles. The van der Waals surface area contributed by atoms with Crippen molar-refractivity contribution < 1.29 is 18.0 Å². The number of carbonyl (C=O) groups excluding carboxylic acids is 2. The standard InChI is InChI=1S/C14H13ClO.C14H14O.Cl2O2S/c1-14(2,15)13(16)12-9-5-7-10-6-3-4-8-11(10)12;1-10(2)14(15)13-9-5-7-11-6-3-4-8-12(11)13;1-5(2,3)4/h3-9H,1-2H3;3-10H,1-2H3;. The van der Waals surface area contributed by atoms with E-state index in [4.69, 9.17) is 20.0 Å². The minimum Gasteiger partial charge on any atom is -0.294 e. The Labute approximate surface area is 226 Å². The number of Topliss-reactive ketones (excluding diaryl/α,β-unsaturated/α-hetero) is 2. The summed E-state index contributed by atoms with van der Waals surface area (Å²) in [4.78, 5) is 23.2. The van der Waals surface area contributed by atoms with E-state index < -0.39 is 13.1 Å². The van der Waals surface area contributed by atoms with E-state index in [1.54, 1.807) is 13.8 Å². The van der Waals surface area contributed by atoms with Crippen molar-refractivity contribution in [3.8, 4) is 0 Å². The summed E-state index contributed by atoms with van der Waals surface area (Å²) in [5.41, 5.74) is 1.53. The molecule has 4 aromatic carbocycles. The SMILES string of the molecule is CC(C)(Cl)C(=O)c1cccc2ccccc12.CC(C)C(=O)c1cccc2ccccc12.O=S(=O)(Cl)Cl. The van der Waals surface area contributed by atoms with Crippen LogP contribution in [-0.2, 0) is 8.26 Å². The van der Waals surface area contributed by atoms with E-state index in [0.717, 1.165) is 27.1 Å². The second-order valence-corrected chi connectivity index (χ2v) is 13.4. The molecule has 0 bridgehead atoms. The van der Waals surface area contributed by atoms with E-state index in [-0.39, 0.29) is 17.5 Å². The lowest BCUT2D eigenvalue weighted by Gasteiger charge is -2.15. The van der Waals surface area contributed by atoms with E-state index in [1.165, 1.54) is 0 Å². The van der Waals surface area contributed by atoms with Crippen LogP contribution in [0.2, 0.25) is 0 Å². The Morgan fingerprint density at radius 2 is 1.06 bits per heavy atom. The van der Waals surface area contributed by atoms with Gasteiger partial charge in [0.1, 0.15) is 4.87 Å². The van der Waals surface area contributed by atoms with Crippen LogP contribution in [0.25, 0.3) is 21.5 Å². The highest BCUT2D eigenvalue weighted by Crippen LogP contribution is 2.26. The molecule has 8 heteroatoms. The number of ketones is 2. The fraction of sp³-hybridized carbons (Fsp3) is 0.214. The van der Waals surface area contributed by atoms with Gasteiger partial charge in [-0.15, -0.1) is 11.6 Å². The van der Waals surface area contributed by atoms with Crippen LogP contribution in [0.5, 0.6) is 0 Å². The number of rotatable bonds is 4. The number of hydrogen-bond acceptors (Lipinski definition) is 4. The Kier molecular flexibility index (Phi) is 10.5. The fourth-order valence-corrected chi connectivity index (χ4v) is 3.60. The molecule has 190 valence electrons. The van der Waals surface area contributed by atoms with E-state index >= 15 is 0 Å². The molecule has 0 amide bonds. The maximum atomic E-state index is 12.1. The van der Waals surface area contributed by atoms with Gasteiger partial charge in [0.15, 0.2) is 11.6 Å². The van der Waals surface area contributed by atoms with Crippen molar-refractivity contribution in [3.63, 3.8) is 0 Å². The van der Waals surface area contributed by atoms with Crippen LogP contribution in [0.4, 0.5) is 0 Å². The van der Waals surface area contributed by atoms with E-state index in [2.05, 4.69) is 21.4 Å². The van der Waals surface area contributed by atoms with Crippen LogP contribution in [-0.4, -0.2) is 24.9 Å². The molecule has 0 fully saturated rings. The van der Waals surface area contributed by atoms with Crippen LogP contribution in [0.15, 0.2) is 84.9 Å². The van der Waals surface area contributed by atoms with Crippen molar-refractivity contribution in [2.75, 3.05) is 0 Å². The van der Waals surface area contributed by atoms with Gasteiger partial charge in [0.25, 0.3) is 0 Å². The summed E-state index contributed by atoms with van der Waals surface area (Å²) < 4.78 is 18.3. The third-order valence-electron chi connectivity index (χ3n) is 5.15. The van der Waals surface area contributed by atoms with Gasteiger partial charge in [0, 0.05) is 38.4 Å². The number of halogens is 3. The number of hydrogen-bond donors (Lipinski definition) is 0. The van der Waals surface area contributed by atoms with Crippen molar-refractivity contribution >= 4 is 74.3 Å². The van der Waals surface area contributed by atoms with Gasteiger partial charge in [0.05, 0.1) is 0 Å². The highest BCUT2D eigenvalue weighted by atomic mass is 36.0. The monoisotopic (exact) mass is 564 g/mol. The van der Waals surface area contributed by atoms with Crippen LogP contribution < -0.4 is 0 Å². The third-order valence-corrected chi connectivity index (χ3v) is 5.33. The highest BCUT2D eigenvalue weighted by Gasteiger charge is 2.26. The first-order valence-electron chi connectivity index (χ1n) is 11.1. The number of alkyl halides is 1. The molecule has 0 aromatic heterocycles. The molecular formula is C28H27Cl3O4S. The molecule has 4 rings (SSSR count). The normalized spacial score (nSPS) is 11.3. The zero-order valence-electron chi connectivity index (χ0n) is 20.3. The predicted molar refractivity (Wildman–Crippen MR) is 152 cm³/mol. The van der Waals surface area contributed by atoms with Gasteiger partial charge in [-0.2, -0.15) is 8.42 Å². The topological polar surface area (TPSA) is 68.3 Å². The molecule has 0 N–H and O–H groups in total. The van der Waals surface area contributed by atoms with E-state index in [9.17, 15) is 9.59 Å². The number of benzene rings is 4. The Hall–Kier alpha value is -2.44. The number of fused-ring (bicyclic) bond motifs is 2. The lowest BCUT2D eigenvalue weighted by molar-refractivity contribution is 0.0938. The summed E-state index contributed by atoms with van der Waals surface area (Å²) in [6.45, 7) is 7.31. The van der Waals surface area contributed by atoms with Crippen LogP contribution in [0, 0.1) is 5.92 Å². The van der Waals surface area contributed by atoms with Crippen molar-refractivity contribution in [3.05, 3.63) is 96.1 Å². The van der Waals surface area contributed by atoms with Gasteiger partial charge >= 0.3 is 8.26 Å². The summed E-state index contributed by atoms with van der Waals surface area (Å²) in [6.07, 6.45) is 0. The first-order chi connectivity index (χ1) is 16.7. The Morgan fingerprint density at radius 1 is 0.694 bits per heavy atom. The first-order valence-corrected chi connectivity index (χ1v) is 14.6. The average Bonchev–Trinajstić information content (AvgIpc) is 2.81. The lowest BCUT2D eigenvalue weighted by Crippen LogP contribution is -2.24. The molecule has 36 heavy (non-hydrogen) atoms. The molecular weight excluding hydrogens is 539 g/mol. The maximum absolute atomic E-state index is 12.1. The van der Waals surface area contributed by atoms with Crippen molar-refractivity contribution in [2.24, 2.45) is 5.92 Å². The third kappa shape index (κ3) is 8.90. The van der Waals surface area contributed by atoms with Crippen LogP contribution in [0.3, 0.4) is 0 Å². The molecule has 0 aliphatic carbocycles. The van der Waals surface area contributed by atoms with Crippen molar-refractivity contribution in [2.45, 2.75) is 32.6 Å². The fourth-order valence-electron chi connectivity index (χ4n) is 3.49. The molecule has 0 spiro atoms. The molecule has 0 unspecified atom stereocenters. The van der Waals surface area contributed by atoms with Gasteiger partial charge in [-0.05, 0) is 35.4 Å². The van der Waals surface area contributed by atoms with Crippen LogP contribution >= 0.6 is 33.0 Å². The second-order valence-electron chi connectivity index (χ2n) is 8.75. The Morgan fingerprint density at radius 3 is 1.47 bits per heavy atom. The Bertz CT molecular complexity index is 1450. The maximum Gasteiger partial charge on any atom is 0.317 e. The minimum absolute atomic E-state index is 0.0361. The van der Waals surface area contributed by atoms with Gasteiger partial charge in [-0.25, -0.2) is 0 Å². The average molecular weight is 566 g/mol. The zero-order chi connectivity index (χ0) is 27.1. The van der Waals surface area contributed by atoms with Crippen LogP contribution in [0.1, 0.15) is 48.4 Å². The molecule has 0 heterocycles. The smallest absolute Gasteiger partial charge is 0.294 e. The molecule has 4 aromatic rings. The largest absolute Gasteiger partial charge is 0.317 e. The summed E-state index contributed by atoms with van der Waals surface area (Å²) in [5, 5.41) is 4.21. The number of carbonyl (C=O) groups is 2. The van der Waals surface area contributed by atoms with Crippen molar-refractivity contribution in [1.29, 1.82) is 0 Å². The van der Waals surface area contributed by atoms with Crippen molar-refractivity contribution in [1.82, 2.24) is 0 Å². The molecule has 0 aliphatic heterocycles. The van der Waals surface area contributed by atoms with E-state index in [1.807, 2.05) is 98.8 Å². The zero-order valence-corrected chi connectivity index (χ0v) is 23.4. The van der Waals surface area contributed by atoms with E-state index in [0.29, 0.717) is 5.56 Å². The minimum atomic E-state index is -3.72. The Balaban J connectivity index is 0.000000215. The van der Waals surface area contributed by atoms with Gasteiger partial charge in [-0.3, -0.25) is 9.59 Å². The predicted octanol–water partition coefficient (Wildman–Crippen LogP) is 8.43. The highest BCUT2D eigenvalue weighted by molar-refractivity contribution is 8.31. The quantitative estimate of drug-likeness (QED) is 0.141. The summed E-state index contributed by atoms with van der Waals surface area (Å²) in [7, 11) is 4.81. The lowest BCUT2D eigenvalue weighted by atomic mass is 9.95. The molecule has 4 nitrogen and oxygen atoms in total. The van der Waals surface area contributed by atoms with Gasteiger partial charge in [-0.1, -0.05) is 98.8 Å². The molecule has 0 saturated carbocycles.